The molecule has 84 valence electrons. The number of nitrogens with zero attached hydrogens (tertiary/aromatic N) is 2. The molecule has 1 amide bonds. The highest BCUT2D eigenvalue weighted by Crippen LogP contribution is 2.11. The minimum atomic E-state index is -0.694. The van der Waals surface area contributed by atoms with E-state index in [-0.39, 0.29) is 5.69 Å². The van der Waals surface area contributed by atoms with Gasteiger partial charge in [-0.05, 0) is 5.56 Å². The summed E-state index contributed by atoms with van der Waals surface area (Å²) in [5.74, 6) is -0.436. The highest BCUT2D eigenvalue weighted by Gasteiger charge is 2.16. The minimum absolute atomic E-state index is 0.154. The van der Waals surface area contributed by atoms with E-state index in [1.165, 1.54) is 12.3 Å². The summed E-state index contributed by atoms with van der Waals surface area (Å²) >= 11 is 0. The molecule has 5 heteroatoms. The molecule has 0 aliphatic rings. The lowest BCUT2D eigenvalue weighted by Crippen LogP contribution is -2.27. The molecule has 0 saturated carbocycles. The van der Waals surface area contributed by atoms with Crippen molar-refractivity contribution in [3.05, 3.63) is 53.9 Å². The van der Waals surface area contributed by atoms with Gasteiger partial charge < -0.3 is 9.84 Å². The fraction of sp³-hybridized carbons (Fsp3) is 0.0833. The normalized spacial score (nSPS) is 11.5. The van der Waals surface area contributed by atoms with Crippen LogP contribution in [0.2, 0.25) is 0 Å². The number of hydrogen-bond donors (Lipinski definition) is 1. The highest BCUT2D eigenvalue weighted by molar-refractivity contribution is 5.92. The largest absolute Gasteiger partial charge is 0.364 e. The molecule has 0 spiro atoms. The van der Waals surface area contributed by atoms with Gasteiger partial charge in [0.2, 0.25) is 0 Å². The van der Waals surface area contributed by atoms with Gasteiger partial charge in [-0.25, -0.2) is 0 Å². The Balaban J connectivity index is 2.12. The second kappa shape index (κ2) is 4.94. The predicted octanol–water partition coefficient (Wildman–Crippen LogP) is 1.67. The Kier molecular flexibility index (Phi) is 3.17. The fourth-order valence-electron chi connectivity index (χ4n) is 1.37. The standard InChI is InChI=1S/C12H9N3O2/c13-8-11(9-4-2-1-3-5-9)14-12(16)10-6-7-17-15-10/h1-7,11H,(H,14,16). The molecular weight excluding hydrogens is 218 g/mol. The number of carbonyl (C=O) groups excluding carboxylic acids is 1. The molecule has 1 atom stereocenters. The smallest absolute Gasteiger partial charge is 0.274 e. The number of aromatic nitrogens is 1. The maximum Gasteiger partial charge on any atom is 0.274 e. The van der Waals surface area contributed by atoms with Gasteiger partial charge in [-0.1, -0.05) is 35.5 Å². The number of amides is 1. The van der Waals surface area contributed by atoms with Gasteiger partial charge in [0.1, 0.15) is 12.3 Å². The van der Waals surface area contributed by atoms with Crippen LogP contribution in [0.4, 0.5) is 0 Å². The van der Waals surface area contributed by atoms with Crippen molar-refractivity contribution in [1.82, 2.24) is 10.5 Å². The average molecular weight is 227 g/mol. The lowest BCUT2D eigenvalue weighted by atomic mass is 10.1. The van der Waals surface area contributed by atoms with E-state index in [1.54, 1.807) is 12.1 Å². The van der Waals surface area contributed by atoms with E-state index < -0.39 is 11.9 Å². The van der Waals surface area contributed by atoms with Crippen molar-refractivity contribution < 1.29 is 9.32 Å². The first-order valence-corrected chi connectivity index (χ1v) is 4.97. The van der Waals surface area contributed by atoms with Gasteiger partial charge in [0.05, 0.1) is 6.07 Å². The summed E-state index contributed by atoms with van der Waals surface area (Å²) in [6.07, 6.45) is 1.30. The summed E-state index contributed by atoms with van der Waals surface area (Å²) in [6, 6.07) is 11.8. The van der Waals surface area contributed by atoms with Crippen LogP contribution in [0.25, 0.3) is 0 Å². The van der Waals surface area contributed by atoms with Crippen molar-refractivity contribution in [3.63, 3.8) is 0 Å². The molecule has 1 aromatic heterocycles. The zero-order valence-corrected chi connectivity index (χ0v) is 8.83. The molecule has 0 aliphatic heterocycles. The molecular formula is C12H9N3O2. The van der Waals surface area contributed by atoms with Crippen molar-refractivity contribution in [2.75, 3.05) is 0 Å². The molecule has 0 saturated heterocycles. The zero-order valence-electron chi connectivity index (χ0n) is 8.83. The van der Waals surface area contributed by atoms with Crippen LogP contribution in [0.1, 0.15) is 22.1 Å². The van der Waals surface area contributed by atoms with Crippen LogP contribution in [-0.2, 0) is 0 Å². The van der Waals surface area contributed by atoms with E-state index in [2.05, 4.69) is 15.0 Å². The summed E-state index contributed by atoms with van der Waals surface area (Å²) in [4.78, 5) is 11.7. The molecule has 0 fully saturated rings. The molecule has 2 aromatic rings. The van der Waals surface area contributed by atoms with Gasteiger partial charge in [-0.3, -0.25) is 4.79 Å². The van der Waals surface area contributed by atoms with Gasteiger partial charge in [0.25, 0.3) is 5.91 Å². The Hall–Kier alpha value is -2.61. The van der Waals surface area contributed by atoms with Crippen molar-refractivity contribution >= 4 is 5.91 Å². The van der Waals surface area contributed by atoms with Crippen LogP contribution in [0.3, 0.4) is 0 Å². The van der Waals surface area contributed by atoms with Gasteiger partial charge in [0.15, 0.2) is 5.69 Å². The van der Waals surface area contributed by atoms with Crippen LogP contribution in [0.15, 0.2) is 47.2 Å². The summed E-state index contributed by atoms with van der Waals surface area (Å²) in [5, 5.41) is 15.1. The van der Waals surface area contributed by atoms with E-state index in [4.69, 9.17) is 5.26 Å². The second-order valence-electron chi connectivity index (χ2n) is 3.33. The first kappa shape index (κ1) is 10.9. The number of nitriles is 1. The van der Waals surface area contributed by atoms with Crippen molar-refractivity contribution in [3.8, 4) is 6.07 Å². The Morgan fingerprint density at radius 2 is 2.12 bits per heavy atom. The van der Waals surface area contributed by atoms with E-state index in [9.17, 15) is 4.79 Å². The van der Waals surface area contributed by atoms with Crippen LogP contribution in [-0.4, -0.2) is 11.1 Å². The topological polar surface area (TPSA) is 78.9 Å². The molecule has 1 heterocycles. The van der Waals surface area contributed by atoms with E-state index in [1.807, 2.05) is 24.3 Å². The highest BCUT2D eigenvalue weighted by atomic mass is 16.5. The minimum Gasteiger partial charge on any atom is -0.364 e. The summed E-state index contributed by atoms with van der Waals surface area (Å²) in [6.45, 7) is 0. The van der Waals surface area contributed by atoms with Crippen LogP contribution in [0.5, 0.6) is 0 Å². The first-order chi connectivity index (χ1) is 8.31. The number of hydrogen-bond acceptors (Lipinski definition) is 4. The Labute approximate surface area is 97.7 Å². The molecule has 0 aliphatic carbocycles. The summed E-state index contributed by atoms with van der Waals surface area (Å²) < 4.78 is 4.56. The SMILES string of the molecule is N#CC(NC(=O)c1ccon1)c1ccccc1. The number of rotatable bonds is 3. The Bertz CT molecular complexity index is 529. The van der Waals surface area contributed by atoms with E-state index in [0.717, 1.165) is 5.56 Å². The predicted molar refractivity (Wildman–Crippen MR) is 58.8 cm³/mol. The van der Waals surface area contributed by atoms with Crippen LogP contribution in [0, 0.1) is 11.3 Å². The molecule has 0 radical (unpaired) electrons. The van der Waals surface area contributed by atoms with Gasteiger partial charge in [-0.15, -0.1) is 0 Å². The molecule has 5 nitrogen and oxygen atoms in total. The first-order valence-electron chi connectivity index (χ1n) is 4.97. The summed E-state index contributed by atoms with van der Waals surface area (Å²) in [5.41, 5.74) is 0.882. The molecule has 17 heavy (non-hydrogen) atoms. The quantitative estimate of drug-likeness (QED) is 0.864. The van der Waals surface area contributed by atoms with Crippen LogP contribution >= 0.6 is 0 Å². The van der Waals surface area contributed by atoms with Gasteiger partial charge in [0, 0.05) is 6.07 Å². The Morgan fingerprint density at radius 3 is 2.71 bits per heavy atom. The lowest BCUT2D eigenvalue weighted by molar-refractivity contribution is 0.0936. The molecule has 2 rings (SSSR count). The summed E-state index contributed by atoms with van der Waals surface area (Å²) in [7, 11) is 0. The third-order valence-electron chi connectivity index (χ3n) is 2.21. The third-order valence-corrected chi connectivity index (χ3v) is 2.21. The molecule has 0 bridgehead atoms. The zero-order chi connectivity index (χ0) is 12.1. The molecule has 1 unspecified atom stereocenters. The third kappa shape index (κ3) is 2.49. The molecule has 1 aromatic carbocycles. The van der Waals surface area contributed by atoms with Crippen molar-refractivity contribution in [2.24, 2.45) is 0 Å². The number of benzene rings is 1. The Morgan fingerprint density at radius 1 is 1.35 bits per heavy atom. The average Bonchev–Trinajstić information content (AvgIpc) is 2.90. The van der Waals surface area contributed by atoms with Gasteiger partial charge >= 0.3 is 0 Å². The molecule has 1 N–H and O–H groups in total. The van der Waals surface area contributed by atoms with E-state index in [0.29, 0.717) is 0 Å². The van der Waals surface area contributed by atoms with E-state index >= 15 is 0 Å². The van der Waals surface area contributed by atoms with Crippen molar-refractivity contribution in [2.45, 2.75) is 6.04 Å². The second-order valence-corrected chi connectivity index (χ2v) is 3.33. The maximum atomic E-state index is 11.7. The monoisotopic (exact) mass is 227 g/mol. The van der Waals surface area contributed by atoms with Crippen molar-refractivity contribution in [1.29, 1.82) is 5.26 Å². The lowest BCUT2D eigenvalue weighted by Gasteiger charge is -2.10. The fourth-order valence-corrected chi connectivity index (χ4v) is 1.37. The van der Waals surface area contributed by atoms with Crippen LogP contribution < -0.4 is 5.32 Å². The number of nitrogens with one attached hydrogen (secondary N) is 1. The maximum absolute atomic E-state index is 11.7. The number of carbonyl (C=O) groups is 1. The van der Waals surface area contributed by atoms with Gasteiger partial charge in [-0.2, -0.15) is 5.26 Å².